The highest BCUT2D eigenvalue weighted by Crippen LogP contribution is 2.18. The quantitative estimate of drug-likeness (QED) is 0.561. The molecule has 0 spiro atoms. The van der Waals surface area contributed by atoms with Gasteiger partial charge in [-0.1, -0.05) is 43.7 Å². The van der Waals surface area contributed by atoms with Crippen LogP contribution in [0.15, 0.2) is 30.3 Å². The van der Waals surface area contributed by atoms with E-state index in [4.69, 9.17) is 9.47 Å². The fraction of sp³-hybridized carbons (Fsp3) is 0.667. The van der Waals surface area contributed by atoms with Gasteiger partial charge >= 0.3 is 0 Å². The second-order valence-electron chi connectivity index (χ2n) is 6.31. The van der Waals surface area contributed by atoms with Crippen molar-refractivity contribution in [2.45, 2.75) is 32.4 Å². The third-order valence-electron chi connectivity index (χ3n) is 4.33. The first-order chi connectivity index (χ1) is 10.7. The van der Waals surface area contributed by atoms with Crippen molar-refractivity contribution in [2.24, 2.45) is 0 Å². The molecule has 0 aliphatic carbocycles. The van der Waals surface area contributed by atoms with E-state index < -0.39 is 6.10 Å². The molecule has 2 rings (SSSR count). The molecule has 1 aromatic rings. The summed E-state index contributed by atoms with van der Waals surface area (Å²) in [4.78, 5) is 0. The molecular weight excluding hydrogens is 278 g/mol. The lowest BCUT2D eigenvalue weighted by Gasteiger charge is -2.42. The molecule has 4 nitrogen and oxygen atoms in total. The summed E-state index contributed by atoms with van der Waals surface area (Å²) in [6, 6.07) is 10.5. The molecule has 1 N–H and O–H groups in total. The number of hydrogen-bond acceptors (Lipinski definition) is 3. The van der Waals surface area contributed by atoms with Gasteiger partial charge in [0.1, 0.15) is 32.3 Å². The first-order valence-electron chi connectivity index (χ1n) is 8.47. The highest BCUT2D eigenvalue weighted by Gasteiger charge is 2.33. The zero-order valence-corrected chi connectivity index (χ0v) is 13.7. The van der Waals surface area contributed by atoms with Crippen molar-refractivity contribution in [1.29, 1.82) is 0 Å². The second kappa shape index (κ2) is 9.26. The van der Waals surface area contributed by atoms with Gasteiger partial charge in [0.15, 0.2) is 0 Å². The average molecular weight is 308 g/mol. The Morgan fingerprint density at radius 3 is 2.64 bits per heavy atom. The number of nitrogens with zero attached hydrogens (tertiary/aromatic N) is 1. The predicted octanol–water partition coefficient (Wildman–Crippen LogP) is 2.21. The molecule has 1 heterocycles. The van der Waals surface area contributed by atoms with Gasteiger partial charge in [-0.25, -0.2) is 0 Å². The van der Waals surface area contributed by atoms with E-state index in [-0.39, 0.29) is 0 Å². The maximum atomic E-state index is 10.4. The third kappa shape index (κ3) is 5.69. The number of benzene rings is 1. The highest BCUT2D eigenvalue weighted by molar-refractivity contribution is 5.13. The van der Waals surface area contributed by atoms with E-state index in [1.807, 2.05) is 6.07 Å². The monoisotopic (exact) mass is 308 g/mol. The van der Waals surface area contributed by atoms with Crippen LogP contribution in [-0.4, -0.2) is 61.8 Å². The molecule has 1 fully saturated rings. The third-order valence-corrected chi connectivity index (χ3v) is 4.33. The minimum Gasteiger partial charge on any atom is -0.385 e. The van der Waals surface area contributed by atoms with Gasteiger partial charge in [0.05, 0.1) is 19.8 Å². The summed E-state index contributed by atoms with van der Waals surface area (Å²) >= 11 is 0. The Morgan fingerprint density at radius 2 is 1.95 bits per heavy atom. The Morgan fingerprint density at radius 1 is 1.23 bits per heavy atom. The summed E-state index contributed by atoms with van der Waals surface area (Å²) in [6.07, 6.45) is 1.78. The molecule has 0 bridgehead atoms. The first-order valence-corrected chi connectivity index (χ1v) is 8.47. The van der Waals surface area contributed by atoms with Gasteiger partial charge in [-0.2, -0.15) is 0 Å². The lowest BCUT2D eigenvalue weighted by Crippen LogP contribution is -2.58. The molecule has 4 heteroatoms. The smallest absolute Gasteiger partial charge is 0.126 e. The van der Waals surface area contributed by atoms with Crippen LogP contribution in [-0.2, 0) is 16.0 Å². The number of hydrogen-bond donors (Lipinski definition) is 1. The van der Waals surface area contributed by atoms with E-state index >= 15 is 0 Å². The molecular formula is C18H30NO3+. The SMILES string of the molecule is CCCCOC[C@H](O)C[N+]1(Cc2ccccc2)CCOCC1. The minimum atomic E-state index is -0.404. The Hall–Kier alpha value is -0.940. The van der Waals surface area contributed by atoms with Crippen molar-refractivity contribution in [3.05, 3.63) is 35.9 Å². The normalized spacial score (nSPS) is 19.0. The number of morpholine rings is 1. The largest absolute Gasteiger partial charge is 0.385 e. The van der Waals surface area contributed by atoms with Crippen molar-refractivity contribution in [2.75, 3.05) is 46.1 Å². The Balaban J connectivity index is 1.90. The Kier molecular flexibility index (Phi) is 7.33. The number of aliphatic hydroxyl groups is 1. The molecule has 22 heavy (non-hydrogen) atoms. The van der Waals surface area contributed by atoms with Crippen LogP contribution >= 0.6 is 0 Å². The van der Waals surface area contributed by atoms with Crippen molar-refractivity contribution in [1.82, 2.24) is 0 Å². The molecule has 124 valence electrons. The van der Waals surface area contributed by atoms with E-state index in [0.29, 0.717) is 6.61 Å². The molecule has 1 aliphatic heterocycles. The summed E-state index contributed by atoms with van der Waals surface area (Å²) < 4.78 is 12.0. The van der Waals surface area contributed by atoms with Crippen molar-refractivity contribution in [3.8, 4) is 0 Å². The minimum absolute atomic E-state index is 0.404. The molecule has 0 unspecified atom stereocenters. The van der Waals surface area contributed by atoms with Gasteiger partial charge < -0.3 is 19.1 Å². The topological polar surface area (TPSA) is 38.7 Å². The first kappa shape index (κ1) is 17.4. The van der Waals surface area contributed by atoms with E-state index in [1.165, 1.54) is 5.56 Å². The molecule has 1 saturated heterocycles. The van der Waals surface area contributed by atoms with Gasteiger partial charge in [0.25, 0.3) is 0 Å². The van der Waals surface area contributed by atoms with Gasteiger partial charge in [0.2, 0.25) is 0 Å². The van der Waals surface area contributed by atoms with Crippen LogP contribution in [0.3, 0.4) is 0 Å². The van der Waals surface area contributed by atoms with E-state index in [9.17, 15) is 5.11 Å². The van der Waals surface area contributed by atoms with Crippen molar-refractivity contribution in [3.63, 3.8) is 0 Å². The van der Waals surface area contributed by atoms with Gasteiger partial charge in [-0.3, -0.25) is 0 Å². The highest BCUT2D eigenvalue weighted by atomic mass is 16.5. The molecule has 1 aliphatic rings. The van der Waals surface area contributed by atoms with Crippen LogP contribution < -0.4 is 0 Å². The molecule has 0 aromatic heterocycles. The van der Waals surface area contributed by atoms with Crippen molar-refractivity contribution < 1.29 is 19.1 Å². The molecule has 1 aromatic carbocycles. The number of quaternary nitrogens is 1. The average Bonchev–Trinajstić information content (AvgIpc) is 2.53. The maximum absolute atomic E-state index is 10.4. The molecule has 0 amide bonds. The summed E-state index contributed by atoms with van der Waals surface area (Å²) in [5, 5.41) is 10.4. The molecule has 0 saturated carbocycles. The fourth-order valence-corrected chi connectivity index (χ4v) is 3.07. The van der Waals surface area contributed by atoms with Crippen LogP contribution in [0.1, 0.15) is 25.3 Å². The predicted molar refractivity (Wildman–Crippen MR) is 87.6 cm³/mol. The lowest BCUT2D eigenvalue weighted by atomic mass is 10.1. The summed E-state index contributed by atoms with van der Waals surface area (Å²) in [5.74, 6) is 0. The van der Waals surface area contributed by atoms with Gasteiger partial charge in [-0.05, 0) is 6.42 Å². The van der Waals surface area contributed by atoms with E-state index in [2.05, 4.69) is 31.2 Å². The van der Waals surface area contributed by atoms with Gasteiger partial charge in [-0.15, -0.1) is 0 Å². The van der Waals surface area contributed by atoms with E-state index in [1.54, 1.807) is 0 Å². The zero-order chi connectivity index (χ0) is 15.7. The fourth-order valence-electron chi connectivity index (χ4n) is 3.07. The lowest BCUT2D eigenvalue weighted by molar-refractivity contribution is -0.950. The molecule has 1 atom stereocenters. The molecule has 0 radical (unpaired) electrons. The number of aliphatic hydroxyl groups excluding tert-OH is 1. The Bertz CT molecular complexity index is 404. The number of unbranched alkanes of at least 4 members (excludes halogenated alkanes) is 1. The van der Waals surface area contributed by atoms with Crippen LogP contribution in [0.5, 0.6) is 0 Å². The number of rotatable bonds is 9. The van der Waals surface area contributed by atoms with E-state index in [0.717, 1.165) is 63.3 Å². The van der Waals surface area contributed by atoms with Gasteiger partial charge in [0, 0.05) is 12.2 Å². The van der Waals surface area contributed by atoms with Crippen LogP contribution in [0.25, 0.3) is 0 Å². The summed E-state index contributed by atoms with van der Waals surface area (Å²) in [5.41, 5.74) is 1.32. The van der Waals surface area contributed by atoms with Crippen LogP contribution in [0.4, 0.5) is 0 Å². The summed E-state index contributed by atoms with van der Waals surface area (Å²) in [7, 11) is 0. The van der Waals surface area contributed by atoms with Crippen molar-refractivity contribution >= 4 is 0 Å². The second-order valence-corrected chi connectivity index (χ2v) is 6.31. The van der Waals surface area contributed by atoms with Crippen LogP contribution in [0.2, 0.25) is 0 Å². The summed E-state index contributed by atoms with van der Waals surface area (Å²) in [6.45, 7) is 8.49. The number of ether oxygens (including phenoxy) is 2. The van der Waals surface area contributed by atoms with Crippen LogP contribution in [0, 0.1) is 0 Å². The zero-order valence-electron chi connectivity index (χ0n) is 13.7. The Labute approximate surface area is 134 Å². The standard InChI is InChI=1S/C18H30NO3/c1-2-3-11-22-16-18(20)15-19(9-12-21-13-10-19)14-17-7-5-4-6-8-17/h4-8,18,20H,2-3,9-16H2,1H3/q+1/t18-/m1/s1. The maximum Gasteiger partial charge on any atom is 0.126 e.